The van der Waals surface area contributed by atoms with Gasteiger partial charge in [-0.1, -0.05) is 41.9 Å². The molecule has 0 aliphatic carbocycles. The zero-order chi connectivity index (χ0) is 22.2. The van der Waals surface area contributed by atoms with E-state index < -0.39 is 11.9 Å². The lowest BCUT2D eigenvalue weighted by Gasteiger charge is -2.08. The summed E-state index contributed by atoms with van der Waals surface area (Å²) in [6, 6.07) is 21.9. The Balaban J connectivity index is 1.65. The number of nitrogens with one attached hydrogen (secondary N) is 1. The number of halogens is 1. The van der Waals surface area contributed by atoms with Gasteiger partial charge in [-0.15, -0.1) is 0 Å². The van der Waals surface area contributed by atoms with Crippen molar-refractivity contribution in [2.75, 3.05) is 5.32 Å². The van der Waals surface area contributed by atoms with Crippen LogP contribution in [-0.2, 0) is 11.4 Å². The number of hydrogen-bond donors (Lipinski definition) is 2. The molecule has 2 N–H and O–H groups in total. The van der Waals surface area contributed by atoms with Crippen molar-refractivity contribution in [3.05, 3.63) is 100 Å². The highest BCUT2D eigenvalue weighted by Gasteiger charge is 2.10. The van der Waals surface area contributed by atoms with Crippen LogP contribution < -0.4 is 10.1 Å². The molecule has 154 valence electrons. The predicted octanol–water partition coefficient (Wildman–Crippen LogP) is 5.16. The zero-order valence-electron chi connectivity index (χ0n) is 16.2. The lowest BCUT2D eigenvalue weighted by Crippen LogP contribution is -2.13. The van der Waals surface area contributed by atoms with Crippen LogP contribution in [0, 0.1) is 11.3 Å². The van der Waals surface area contributed by atoms with Crippen molar-refractivity contribution in [2.45, 2.75) is 6.61 Å². The molecule has 3 aromatic rings. The molecule has 0 aliphatic rings. The van der Waals surface area contributed by atoms with Crippen molar-refractivity contribution < 1.29 is 19.4 Å². The summed E-state index contributed by atoms with van der Waals surface area (Å²) in [7, 11) is 0. The maximum atomic E-state index is 12.3. The van der Waals surface area contributed by atoms with E-state index in [0.717, 1.165) is 5.56 Å². The second kappa shape index (κ2) is 10.1. The Kier molecular flexibility index (Phi) is 7.05. The summed E-state index contributed by atoms with van der Waals surface area (Å²) in [5, 5.41) is 21.5. The summed E-state index contributed by atoms with van der Waals surface area (Å²) < 4.78 is 5.68. The summed E-state index contributed by atoms with van der Waals surface area (Å²) in [6.07, 6.45) is 1.47. The molecule has 3 rings (SSSR count). The number of hydrogen-bond acceptors (Lipinski definition) is 4. The van der Waals surface area contributed by atoms with Crippen LogP contribution >= 0.6 is 11.6 Å². The highest BCUT2D eigenvalue weighted by molar-refractivity contribution is 6.31. The third kappa shape index (κ3) is 6.20. The Morgan fingerprint density at radius 2 is 1.81 bits per heavy atom. The molecule has 1 amide bonds. The number of anilines is 1. The fourth-order valence-corrected chi connectivity index (χ4v) is 2.89. The lowest BCUT2D eigenvalue weighted by molar-refractivity contribution is -0.112. The van der Waals surface area contributed by atoms with Crippen LogP contribution in [0.25, 0.3) is 6.08 Å². The van der Waals surface area contributed by atoms with Crippen LogP contribution in [0.3, 0.4) is 0 Å². The standard InChI is InChI=1S/C24H17ClN2O4/c25-20-5-2-6-21(13-20)27-23(28)19(14-26)11-16-7-9-22(10-8-16)31-15-17-3-1-4-18(12-17)24(29)30/h1-13H,15H2,(H,27,28)(H,29,30)/b19-11-. The summed E-state index contributed by atoms with van der Waals surface area (Å²) in [6.45, 7) is 0.210. The first-order valence-electron chi connectivity index (χ1n) is 9.18. The molecule has 0 aliphatic heterocycles. The van der Waals surface area contributed by atoms with Gasteiger partial charge in [0.15, 0.2) is 0 Å². The molecular formula is C24H17ClN2O4. The number of nitrogens with zero attached hydrogens (tertiary/aromatic N) is 1. The van der Waals surface area contributed by atoms with Gasteiger partial charge in [-0.05, 0) is 59.7 Å². The van der Waals surface area contributed by atoms with E-state index in [4.69, 9.17) is 21.4 Å². The second-order valence-corrected chi connectivity index (χ2v) is 6.93. The molecule has 3 aromatic carbocycles. The Hall–Kier alpha value is -4.08. The van der Waals surface area contributed by atoms with E-state index in [2.05, 4.69) is 5.32 Å². The highest BCUT2D eigenvalue weighted by atomic mass is 35.5. The van der Waals surface area contributed by atoms with Gasteiger partial charge in [0.05, 0.1) is 5.56 Å². The number of carbonyl (C=O) groups is 2. The molecule has 0 heterocycles. The lowest BCUT2D eigenvalue weighted by atomic mass is 10.1. The van der Waals surface area contributed by atoms with Gasteiger partial charge in [0, 0.05) is 10.7 Å². The first kappa shape index (κ1) is 21.6. The Morgan fingerprint density at radius 3 is 2.48 bits per heavy atom. The number of aromatic carboxylic acids is 1. The normalized spacial score (nSPS) is 10.8. The van der Waals surface area contributed by atoms with Gasteiger partial charge in [0.1, 0.15) is 24.0 Å². The molecule has 0 unspecified atom stereocenters. The maximum absolute atomic E-state index is 12.3. The predicted molar refractivity (Wildman–Crippen MR) is 118 cm³/mol. The van der Waals surface area contributed by atoms with E-state index in [1.165, 1.54) is 12.1 Å². The van der Waals surface area contributed by atoms with Crippen LogP contribution in [0.1, 0.15) is 21.5 Å². The summed E-state index contributed by atoms with van der Waals surface area (Å²) in [4.78, 5) is 23.4. The van der Waals surface area contributed by atoms with Gasteiger partial charge >= 0.3 is 5.97 Å². The number of nitriles is 1. The fourth-order valence-electron chi connectivity index (χ4n) is 2.70. The molecule has 0 bridgehead atoms. The number of carbonyl (C=O) groups excluding carboxylic acids is 1. The minimum atomic E-state index is -0.995. The van der Waals surface area contributed by atoms with Gasteiger partial charge in [-0.3, -0.25) is 4.79 Å². The smallest absolute Gasteiger partial charge is 0.335 e. The van der Waals surface area contributed by atoms with Gasteiger partial charge in [-0.2, -0.15) is 5.26 Å². The minimum Gasteiger partial charge on any atom is -0.489 e. The third-order valence-electron chi connectivity index (χ3n) is 4.22. The Labute approximate surface area is 184 Å². The second-order valence-electron chi connectivity index (χ2n) is 6.50. The van der Waals surface area contributed by atoms with Crippen molar-refractivity contribution in [2.24, 2.45) is 0 Å². The molecule has 0 radical (unpaired) electrons. The first-order chi connectivity index (χ1) is 14.9. The number of benzene rings is 3. The average Bonchev–Trinajstić information content (AvgIpc) is 2.77. The van der Waals surface area contributed by atoms with Gasteiger partial charge < -0.3 is 15.2 Å². The summed E-state index contributed by atoms with van der Waals surface area (Å²) >= 11 is 5.90. The number of carboxylic acid groups (broad SMARTS) is 1. The fraction of sp³-hybridized carbons (Fsp3) is 0.0417. The van der Waals surface area contributed by atoms with Crippen LogP contribution in [0.5, 0.6) is 5.75 Å². The SMILES string of the molecule is N#C/C(=C/c1ccc(OCc2cccc(C(=O)O)c2)cc1)C(=O)Nc1cccc(Cl)c1. The first-order valence-corrected chi connectivity index (χ1v) is 9.56. The van der Waals surface area contributed by atoms with Gasteiger partial charge in [-0.25, -0.2) is 4.79 Å². The number of carboxylic acids is 1. The van der Waals surface area contributed by atoms with Crippen molar-refractivity contribution in [1.82, 2.24) is 0 Å². The van der Waals surface area contributed by atoms with Gasteiger partial charge in [0.25, 0.3) is 5.91 Å². The molecule has 7 heteroatoms. The van der Waals surface area contributed by atoms with Crippen LogP contribution in [0.15, 0.2) is 78.4 Å². The van der Waals surface area contributed by atoms with E-state index in [-0.39, 0.29) is 17.7 Å². The molecule has 0 saturated carbocycles. The van der Waals surface area contributed by atoms with E-state index in [1.807, 2.05) is 6.07 Å². The molecule has 0 spiro atoms. The van der Waals surface area contributed by atoms with Crippen LogP contribution in [-0.4, -0.2) is 17.0 Å². The number of rotatable bonds is 7. The summed E-state index contributed by atoms with van der Waals surface area (Å²) in [5.41, 5.74) is 2.02. The van der Waals surface area contributed by atoms with E-state index >= 15 is 0 Å². The van der Waals surface area contributed by atoms with Crippen LogP contribution in [0.2, 0.25) is 5.02 Å². The molecular weight excluding hydrogens is 416 g/mol. The van der Waals surface area contributed by atoms with E-state index in [0.29, 0.717) is 22.0 Å². The summed E-state index contributed by atoms with van der Waals surface area (Å²) in [5.74, 6) is -0.964. The molecule has 31 heavy (non-hydrogen) atoms. The van der Waals surface area contributed by atoms with Crippen LogP contribution in [0.4, 0.5) is 5.69 Å². The molecule has 0 fully saturated rings. The minimum absolute atomic E-state index is 0.0564. The monoisotopic (exact) mass is 432 g/mol. The Bertz CT molecular complexity index is 1180. The highest BCUT2D eigenvalue weighted by Crippen LogP contribution is 2.19. The molecule has 0 atom stereocenters. The van der Waals surface area contributed by atoms with E-state index in [9.17, 15) is 14.9 Å². The maximum Gasteiger partial charge on any atom is 0.335 e. The molecule has 0 saturated heterocycles. The number of ether oxygens (including phenoxy) is 1. The number of amides is 1. The quantitative estimate of drug-likeness (QED) is 0.396. The van der Waals surface area contributed by atoms with Crippen molar-refractivity contribution in [1.29, 1.82) is 5.26 Å². The largest absolute Gasteiger partial charge is 0.489 e. The Morgan fingerprint density at radius 1 is 1.06 bits per heavy atom. The van der Waals surface area contributed by atoms with Crippen molar-refractivity contribution in [3.8, 4) is 11.8 Å². The third-order valence-corrected chi connectivity index (χ3v) is 4.45. The topological polar surface area (TPSA) is 99.4 Å². The average molecular weight is 433 g/mol. The van der Waals surface area contributed by atoms with Crippen molar-refractivity contribution in [3.63, 3.8) is 0 Å². The van der Waals surface area contributed by atoms with Crippen molar-refractivity contribution >= 4 is 35.2 Å². The van der Waals surface area contributed by atoms with Gasteiger partial charge in [0.2, 0.25) is 0 Å². The van der Waals surface area contributed by atoms with E-state index in [1.54, 1.807) is 66.7 Å². The molecule has 0 aromatic heterocycles. The molecule has 6 nitrogen and oxygen atoms in total. The zero-order valence-corrected chi connectivity index (χ0v) is 17.0.